The molecule has 2 atom stereocenters. The van der Waals surface area contributed by atoms with Crippen molar-refractivity contribution in [3.8, 4) is 0 Å². The number of carbonyl (C=O) groups is 1. The normalized spacial score (nSPS) is 30.6. The summed E-state index contributed by atoms with van der Waals surface area (Å²) in [5, 5.41) is 0. The molecule has 1 amide bonds. The second-order valence-electron chi connectivity index (χ2n) is 6.08. The minimum Gasteiger partial charge on any atom is -0.339 e. The van der Waals surface area contributed by atoms with Crippen molar-refractivity contribution in [2.45, 2.75) is 25.8 Å². The topological polar surface area (TPSA) is 52.8 Å². The number of amides is 1. The van der Waals surface area contributed by atoms with Crippen molar-refractivity contribution >= 4 is 5.91 Å². The Morgan fingerprint density at radius 1 is 1.21 bits per heavy atom. The van der Waals surface area contributed by atoms with Crippen molar-refractivity contribution in [3.05, 3.63) is 0 Å². The van der Waals surface area contributed by atoms with Gasteiger partial charge in [-0.25, -0.2) is 0 Å². The molecule has 2 unspecified atom stereocenters. The molecule has 2 rings (SSSR count). The van der Waals surface area contributed by atoms with Crippen molar-refractivity contribution in [1.29, 1.82) is 0 Å². The van der Waals surface area contributed by atoms with E-state index < -0.39 is 0 Å². The Hall–Kier alpha value is -0.650. The van der Waals surface area contributed by atoms with Gasteiger partial charge in [-0.3, -0.25) is 9.69 Å². The number of nitrogens with zero attached hydrogens (tertiary/aromatic N) is 3. The van der Waals surface area contributed by atoms with Gasteiger partial charge in [-0.1, -0.05) is 6.92 Å². The number of likely N-dealkylation sites (tertiary alicyclic amines) is 1. The Kier molecular flexibility index (Phi) is 5.19. The van der Waals surface area contributed by atoms with Crippen molar-refractivity contribution in [2.75, 3.05) is 52.9 Å². The average molecular weight is 268 g/mol. The summed E-state index contributed by atoms with van der Waals surface area (Å²) >= 11 is 0. The first kappa shape index (κ1) is 14.8. The zero-order chi connectivity index (χ0) is 13.8. The molecule has 19 heavy (non-hydrogen) atoms. The van der Waals surface area contributed by atoms with Crippen LogP contribution in [0.3, 0.4) is 0 Å². The van der Waals surface area contributed by atoms with Gasteiger partial charge < -0.3 is 15.5 Å². The van der Waals surface area contributed by atoms with Crippen molar-refractivity contribution < 1.29 is 4.79 Å². The van der Waals surface area contributed by atoms with Gasteiger partial charge in [0.1, 0.15) is 0 Å². The highest BCUT2D eigenvalue weighted by Gasteiger charge is 2.30. The lowest BCUT2D eigenvalue weighted by atomic mass is 9.91. The second-order valence-corrected chi connectivity index (χ2v) is 6.08. The largest absolute Gasteiger partial charge is 0.339 e. The molecule has 5 heteroatoms. The lowest BCUT2D eigenvalue weighted by Crippen LogP contribution is -2.54. The van der Waals surface area contributed by atoms with Crippen LogP contribution < -0.4 is 5.73 Å². The molecule has 0 bridgehead atoms. The van der Waals surface area contributed by atoms with Crippen LogP contribution in [0.1, 0.15) is 19.8 Å². The molecule has 0 aromatic carbocycles. The highest BCUT2D eigenvalue weighted by atomic mass is 16.2. The van der Waals surface area contributed by atoms with E-state index in [-0.39, 0.29) is 5.91 Å². The Balaban J connectivity index is 1.87. The maximum atomic E-state index is 12.4. The fraction of sp³-hybridized carbons (Fsp3) is 0.929. The number of hydrogen-bond donors (Lipinski definition) is 1. The van der Waals surface area contributed by atoms with Gasteiger partial charge in [0.15, 0.2) is 0 Å². The van der Waals surface area contributed by atoms with E-state index in [1.165, 1.54) is 12.8 Å². The van der Waals surface area contributed by atoms with Crippen LogP contribution in [-0.4, -0.2) is 79.5 Å². The van der Waals surface area contributed by atoms with E-state index in [9.17, 15) is 4.79 Å². The minimum absolute atomic E-state index is 0.278. The van der Waals surface area contributed by atoms with Crippen LogP contribution in [0, 0.1) is 5.92 Å². The zero-order valence-corrected chi connectivity index (χ0v) is 12.3. The van der Waals surface area contributed by atoms with E-state index in [0.29, 0.717) is 25.0 Å². The molecule has 2 fully saturated rings. The Morgan fingerprint density at radius 2 is 1.89 bits per heavy atom. The molecular weight excluding hydrogens is 240 g/mol. The minimum atomic E-state index is 0.278. The maximum absolute atomic E-state index is 12.4. The lowest BCUT2D eigenvalue weighted by molar-refractivity contribution is -0.135. The molecule has 2 aliphatic rings. The van der Waals surface area contributed by atoms with Crippen molar-refractivity contribution in [1.82, 2.24) is 14.7 Å². The number of likely N-dealkylation sites (N-methyl/N-ethyl adjacent to an activating group) is 1. The molecule has 0 aromatic rings. The summed E-state index contributed by atoms with van der Waals surface area (Å²) < 4.78 is 0. The molecule has 0 spiro atoms. The summed E-state index contributed by atoms with van der Waals surface area (Å²) in [6.45, 7) is 8.20. The highest BCUT2D eigenvalue weighted by Crippen LogP contribution is 2.22. The van der Waals surface area contributed by atoms with E-state index in [1.807, 2.05) is 4.90 Å². The van der Waals surface area contributed by atoms with Gasteiger partial charge in [-0.2, -0.15) is 0 Å². The molecule has 2 N–H and O–H groups in total. The fourth-order valence-corrected chi connectivity index (χ4v) is 3.24. The number of piperazine rings is 1. The van der Waals surface area contributed by atoms with E-state index >= 15 is 0 Å². The summed E-state index contributed by atoms with van der Waals surface area (Å²) in [6, 6.07) is 0.380. The number of hydrogen-bond acceptors (Lipinski definition) is 4. The monoisotopic (exact) mass is 268 g/mol. The van der Waals surface area contributed by atoms with Gasteiger partial charge in [0.05, 0.1) is 6.54 Å². The third-order valence-corrected chi connectivity index (χ3v) is 4.67. The molecule has 0 aliphatic carbocycles. The highest BCUT2D eigenvalue weighted by molar-refractivity contribution is 5.78. The molecular formula is C14H28N4O. The Labute approximate surface area is 116 Å². The summed E-state index contributed by atoms with van der Waals surface area (Å²) in [7, 11) is 2.11. The second kappa shape index (κ2) is 6.68. The van der Waals surface area contributed by atoms with Crippen LogP contribution >= 0.6 is 0 Å². The molecule has 0 aromatic heterocycles. The van der Waals surface area contributed by atoms with E-state index in [0.717, 1.165) is 32.7 Å². The van der Waals surface area contributed by atoms with Crippen molar-refractivity contribution in [3.63, 3.8) is 0 Å². The standard InChI is InChI=1S/C14H28N4O/c1-12-4-3-5-18(13(12)10-15)11-14(19)17-8-6-16(2)7-9-17/h12-13H,3-11,15H2,1-2H3. The quantitative estimate of drug-likeness (QED) is 0.771. The van der Waals surface area contributed by atoms with Crippen molar-refractivity contribution in [2.24, 2.45) is 11.7 Å². The molecule has 0 radical (unpaired) electrons. The molecule has 2 aliphatic heterocycles. The fourth-order valence-electron chi connectivity index (χ4n) is 3.24. The van der Waals surface area contributed by atoms with Gasteiger partial charge in [0, 0.05) is 38.8 Å². The summed E-state index contributed by atoms with van der Waals surface area (Å²) in [6.07, 6.45) is 2.43. The molecule has 5 nitrogen and oxygen atoms in total. The third-order valence-electron chi connectivity index (χ3n) is 4.67. The zero-order valence-electron chi connectivity index (χ0n) is 12.3. The smallest absolute Gasteiger partial charge is 0.236 e. The Bertz CT molecular complexity index is 302. The van der Waals surface area contributed by atoms with Crippen LogP contribution in [0.4, 0.5) is 0 Å². The molecule has 110 valence electrons. The van der Waals surface area contributed by atoms with Gasteiger partial charge >= 0.3 is 0 Å². The summed E-state index contributed by atoms with van der Waals surface area (Å²) in [5.41, 5.74) is 5.88. The van der Waals surface area contributed by atoms with Crippen LogP contribution in [0.25, 0.3) is 0 Å². The van der Waals surface area contributed by atoms with Gasteiger partial charge in [-0.05, 0) is 32.4 Å². The molecule has 2 saturated heterocycles. The van der Waals surface area contributed by atoms with E-state index in [1.54, 1.807) is 0 Å². The van der Waals surface area contributed by atoms with Crippen LogP contribution in [-0.2, 0) is 4.79 Å². The Morgan fingerprint density at radius 3 is 2.53 bits per heavy atom. The summed E-state index contributed by atoms with van der Waals surface area (Å²) in [5.74, 6) is 0.889. The summed E-state index contributed by atoms with van der Waals surface area (Å²) in [4.78, 5) is 18.9. The van der Waals surface area contributed by atoms with E-state index in [4.69, 9.17) is 5.73 Å². The van der Waals surface area contributed by atoms with Crippen LogP contribution in [0.15, 0.2) is 0 Å². The number of piperidine rings is 1. The lowest BCUT2D eigenvalue weighted by Gasteiger charge is -2.40. The van der Waals surface area contributed by atoms with Gasteiger partial charge in [-0.15, -0.1) is 0 Å². The molecule has 2 heterocycles. The van der Waals surface area contributed by atoms with Gasteiger partial charge in [0.2, 0.25) is 5.91 Å². The predicted molar refractivity (Wildman–Crippen MR) is 76.9 cm³/mol. The first-order chi connectivity index (χ1) is 9.11. The maximum Gasteiger partial charge on any atom is 0.236 e. The van der Waals surface area contributed by atoms with Crippen LogP contribution in [0.5, 0.6) is 0 Å². The third kappa shape index (κ3) is 3.68. The molecule has 0 saturated carbocycles. The van der Waals surface area contributed by atoms with E-state index in [2.05, 4.69) is 23.8 Å². The number of carbonyl (C=O) groups excluding carboxylic acids is 1. The number of nitrogens with two attached hydrogens (primary N) is 1. The average Bonchev–Trinajstić information content (AvgIpc) is 2.39. The first-order valence-electron chi connectivity index (χ1n) is 7.52. The SMILES string of the molecule is CC1CCCN(CC(=O)N2CCN(C)CC2)C1CN. The van der Waals surface area contributed by atoms with Crippen LogP contribution in [0.2, 0.25) is 0 Å². The predicted octanol–water partition coefficient (Wildman–Crippen LogP) is -0.180. The van der Waals surface area contributed by atoms with Gasteiger partial charge in [0.25, 0.3) is 0 Å². The number of rotatable bonds is 3. The first-order valence-corrected chi connectivity index (χ1v) is 7.52.